The van der Waals surface area contributed by atoms with Crippen LogP contribution < -0.4 is 15.5 Å². The van der Waals surface area contributed by atoms with Gasteiger partial charge >= 0.3 is 11.8 Å². The number of hydrogen-bond donors (Lipinski definition) is 2. The first kappa shape index (κ1) is 22.3. The lowest BCUT2D eigenvalue weighted by Crippen LogP contribution is -2.46. The molecular weight excluding hydrogens is 404 g/mol. The van der Waals surface area contributed by atoms with Crippen LogP contribution in [0.5, 0.6) is 0 Å². The summed E-state index contributed by atoms with van der Waals surface area (Å²) in [6, 6.07) is 16.2. The lowest BCUT2D eigenvalue weighted by atomic mass is 9.95. The number of amides is 2. The molecule has 0 spiro atoms. The summed E-state index contributed by atoms with van der Waals surface area (Å²) in [5.41, 5.74) is 4.76. The Kier molecular flexibility index (Phi) is 7.39. The predicted molar refractivity (Wildman–Crippen MR) is 124 cm³/mol. The summed E-state index contributed by atoms with van der Waals surface area (Å²) in [6.45, 7) is 4.75. The largest absolute Gasteiger partial charge is 0.379 e. The maximum Gasteiger partial charge on any atom is 0.309 e. The number of fused-ring (bicyclic) bond motifs is 1. The standard InChI is InChI=1S/C25H32N4O3/c1-28-11-5-8-20-16-21(9-10-22(20)28)23(29-12-14-32-15-13-29)18-27-25(31)24(30)26-17-19-6-3-2-4-7-19/h2-4,6-7,9-10,16,23H,5,8,11-15,17-18H2,1H3,(H,26,30)(H,27,31). The van der Waals surface area contributed by atoms with Gasteiger partial charge in [-0.05, 0) is 35.6 Å². The maximum absolute atomic E-state index is 12.5. The topological polar surface area (TPSA) is 73.9 Å². The molecule has 0 saturated carbocycles. The summed E-state index contributed by atoms with van der Waals surface area (Å²) in [5, 5.41) is 5.56. The van der Waals surface area contributed by atoms with E-state index < -0.39 is 11.8 Å². The molecule has 0 aromatic heterocycles. The molecule has 0 aliphatic carbocycles. The quantitative estimate of drug-likeness (QED) is 0.677. The minimum absolute atomic E-state index is 0.00214. The third-order valence-corrected chi connectivity index (χ3v) is 6.28. The van der Waals surface area contributed by atoms with E-state index in [0.29, 0.717) is 26.3 Å². The minimum atomic E-state index is -0.610. The maximum atomic E-state index is 12.5. The second kappa shape index (κ2) is 10.6. The van der Waals surface area contributed by atoms with Gasteiger partial charge in [-0.1, -0.05) is 42.5 Å². The van der Waals surface area contributed by atoms with E-state index in [1.807, 2.05) is 30.3 Å². The van der Waals surface area contributed by atoms with Gasteiger partial charge in [0.05, 0.1) is 19.3 Å². The lowest BCUT2D eigenvalue weighted by Gasteiger charge is -2.36. The fourth-order valence-corrected chi connectivity index (χ4v) is 4.49. The fourth-order valence-electron chi connectivity index (χ4n) is 4.49. The molecule has 32 heavy (non-hydrogen) atoms. The Labute approximate surface area is 189 Å². The molecule has 1 fully saturated rings. The average Bonchev–Trinajstić information content (AvgIpc) is 2.84. The molecule has 1 unspecified atom stereocenters. The first-order valence-corrected chi connectivity index (χ1v) is 11.4. The molecule has 2 amide bonds. The van der Waals surface area contributed by atoms with Crippen molar-refractivity contribution in [3.8, 4) is 0 Å². The number of morpholine rings is 1. The zero-order valence-electron chi connectivity index (χ0n) is 18.7. The lowest BCUT2D eigenvalue weighted by molar-refractivity contribution is -0.139. The molecule has 0 bridgehead atoms. The predicted octanol–water partition coefficient (Wildman–Crippen LogP) is 1.87. The normalized spacial score (nSPS) is 17.3. The van der Waals surface area contributed by atoms with Gasteiger partial charge in [-0.2, -0.15) is 0 Å². The number of rotatable bonds is 6. The fraction of sp³-hybridized carbons (Fsp3) is 0.440. The van der Waals surface area contributed by atoms with Gasteiger partial charge in [0, 0.05) is 45.5 Å². The number of nitrogens with one attached hydrogen (secondary N) is 2. The van der Waals surface area contributed by atoms with Crippen LogP contribution in [-0.2, 0) is 27.3 Å². The first-order valence-electron chi connectivity index (χ1n) is 11.4. The molecule has 4 rings (SSSR count). The minimum Gasteiger partial charge on any atom is -0.379 e. The van der Waals surface area contributed by atoms with Gasteiger partial charge in [-0.25, -0.2) is 0 Å². The van der Waals surface area contributed by atoms with Gasteiger partial charge in [0.2, 0.25) is 0 Å². The highest BCUT2D eigenvalue weighted by atomic mass is 16.5. The van der Waals surface area contributed by atoms with E-state index in [0.717, 1.165) is 38.0 Å². The Morgan fingerprint density at radius 3 is 2.53 bits per heavy atom. The van der Waals surface area contributed by atoms with Crippen LogP contribution in [-0.4, -0.2) is 63.2 Å². The Hall–Kier alpha value is -2.90. The summed E-state index contributed by atoms with van der Waals surface area (Å²) in [6.07, 6.45) is 2.21. The number of hydrogen-bond acceptors (Lipinski definition) is 5. The Morgan fingerprint density at radius 2 is 1.75 bits per heavy atom. The van der Waals surface area contributed by atoms with E-state index in [4.69, 9.17) is 4.74 Å². The second-order valence-corrected chi connectivity index (χ2v) is 8.46. The van der Waals surface area contributed by atoms with Crippen molar-refractivity contribution in [1.82, 2.24) is 15.5 Å². The molecule has 2 aliphatic heterocycles. The van der Waals surface area contributed by atoms with E-state index >= 15 is 0 Å². The number of carbonyl (C=O) groups excluding carboxylic acids is 2. The van der Waals surface area contributed by atoms with Crippen molar-refractivity contribution in [2.75, 3.05) is 51.3 Å². The molecule has 2 heterocycles. The molecule has 0 radical (unpaired) electrons. The summed E-state index contributed by atoms with van der Waals surface area (Å²) in [4.78, 5) is 29.4. The summed E-state index contributed by atoms with van der Waals surface area (Å²) in [5.74, 6) is -1.21. The van der Waals surface area contributed by atoms with Gasteiger partial charge in [-0.15, -0.1) is 0 Å². The summed E-state index contributed by atoms with van der Waals surface area (Å²) < 4.78 is 5.53. The number of nitrogens with zero attached hydrogens (tertiary/aromatic N) is 2. The molecule has 2 aliphatic rings. The summed E-state index contributed by atoms with van der Waals surface area (Å²) >= 11 is 0. The molecule has 1 atom stereocenters. The number of aryl methyl sites for hydroxylation is 1. The van der Waals surface area contributed by atoms with Crippen LogP contribution in [0.15, 0.2) is 48.5 Å². The monoisotopic (exact) mass is 436 g/mol. The number of ether oxygens (including phenoxy) is 1. The van der Waals surface area contributed by atoms with Crippen molar-refractivity contribution in [1.29, 1.82) is 0 Å². The molecule has 2 N–H and O–H groups in total. The van der Waals surface area contributed by atoms with Crippen molar-refractivity contribution in [2.45, 2.75) is 25.4 Å². The molecule has 2 aromatic rings. The molecule has 7 nitrogen and oxygen atoms in total. The zero-order chi connectivity index (χ0) is 22.3. The van der Waals surface area contributed by atoms with Gasteiger partial charge in [-0.3, -0.25) is 14.5 Å². The van der Waals surface area contributed by atoms with Gasteiger partial charge in [0.1, 0.15) is 0 Å². The van der Waals surface area contributed by atoms with Gasteiger partial charge in [0.25, 0.3) is 0 Å². The zero-order valence-corrected chi connectivity index (χ0v) is 18.7. The van der Waals surface area contributed by atoms with Crippen LogP contribution in [0.4, 0.5) is 5.69 Å². The van der Waals surface area contributed by atoms with Gasteiger partial charge in [0.15, 0.2) is 0 Å². The highest BCUT2D eigenvalue weighted by Gasteiger charge is 2.26. The van der Waals surface area contributed by atoms with E-state index in [1.165, 1.54) is 16.8 Å². The van der Waals surface area contributed by atoms with Crippen molar-refractivity contribution in [3.63, 3.8) is 0 Å². The van der Waals surface area contributed by atoms with Crippen molar-refractivity contribution < 1.29 is 14.3 Å². The SMILES string of the molecule is CN1CCCc2cc(C(CNC(=O)C(=O)NCc3ccccc3)N3CCOCC3)ccc21. The summed E-state index contributed by atoms with van der Waals surface area (Å²) in [7, 11) is 2.13. The van der Waals surface area contributed by atoms with Crippen LogP contribution in [0.25, 0.3) is 0 Å². The van der Waals surface area contributed by atoms with E-state index in [2.05, 4.69) is 45.7 Å². The highest BCUT2D eigenvalue weighted by Crippen LogP contribution is 2.30. The van der Waals surface area contributed by atoms with Crippen molar-refractivity contribution >= 4 is 17.5 Å². The smallest absolute Gasteiger partial charge is 0.309 e. The third-order valence-electron chi connectivity index (χ3n) is 6.28. The number of anilines is 1. The third kappa shape index (κ3) is 5.47. The molecule has 170 valence electrons. The Bertz CT molecular complexity index is 928. The molecule has 2 aromatic carbocycles. The second-order valence-electron chi connectivity index (χ2n) is 8.46. The highest BCUT2D eigenvalue weighted by molar-refractivity contribution is 6.35. The average molecular weight is 437 g/mol. The van der Waals surface area contributed by atoms with E-state index in [1.54, 1.807) is 0 Å². The molecule has 1 saturated heterocycles. The van der Waals surface area contributed by atoms with E-state index in [-0.39, 0.29) is 6.04 Å². The van der Waals surface area contributed by atoms with Crippen LogP contribution in [0.2, 0.25) is 0 Å². The Balaban J connectivity index is 1.42. The van der Waals surface area contributed by atoms with Crippen LogP contribution in [0.1, 0.15) is 29.2 Å². The van der Waals surface area contributed by atoms with Gasteiger partial charge < -0.3 is 20.3 Å². The number of benzene rings is 2. The van der Waals surface area contributed by atoms with Crippen molar-refractivity contribution in [3.05, 3.63) is 65.2 Å². The molecule has 7 heteroatoms. The Morgan fingerprint density at radius 1 is 1.00 bits per heavy atom. The first-order chi connectivity index (χ1) is 15.6. The number of carbonyl (C=O) groups is 2. The van der Waals surface area contributed by atoms with Crippen LogP contribution >= 0.6 is 0 Å². The van der Waals surface area contributed by atoms with Crippen LogP contribution in [0.3, 0.4) is 0 Å². The van der Waals surface area contributed by atoms with E-state index in [9.17, 15) is 9.59 Å². The van der Waals surface area contributed by atoms with Crippen LogP contribution in [0, 0.1) is 0 Å². The van der Waals surface area contributed by atoms with Crippen molar-refractivity contribution in [2.24, 2.45) is 0 Å². The molecular formula is C25H32N4O3.